The molecular weight excluding hydrogens is 558 g/mol. The van der Waals surface area contributed by atoms with E-state index in [1.165, 1.54) is 23.5 Å². The van der Waals surface area contributed by atoms with Gasteiger partial charge in [0.1, 0.15) is 17.3 Å². The molecule has 1 amide bonds. The van der Waals surface area contributed by atoms with Crippen LogP contribution in [0.15, 0.2) is 70.8 Å². The van der Waals surface area contributed by atoms with Gasteiger partial charge in [-0.15, -0.1) is 11.3 Å². The van der Waals surface area contributed by atoms with Crippen molar-refractivity contribution in [2.75, 3.05) is 23.7 Å². The monoisotopic (exact) mass is 586 g/mol. The molecule has 5 aromatic rings. The van der Waals surface area contributed by atoms with Crippen LogP contribution >= 0.6 is 11.3 Å². The Balaban J connectivity index is 1.51. The lowest BCUT2D eigenvalue weighted by Gasteiger charge is -2.24. The fourth-order valence-electron chi connectivity index (χ4n) is 5.18. The van der Waals surface area contributed by atoms with Crippen LogP contribution in [0.1, 0.15) is 23.3 Å². The van der Waals surface area contributed by atoms with Gasteiger partial charge in [-0.1, -0.05) is 18.2 Å². The molecule has 6 rings (SSSR count). The number of thiophene rings is 1. The maximum absolute atomic E-state index is 15.0. The summed E-state index contributed by atoms with van der Waals surface area (Å²) in [5.74, 6) is -1.68. The predicted molar refractivity (Wildman–Crippen MR) is 161 cm³/mol. The summed E-state index contributed by atoms with van der Waals surface area (Å²) in [5, 5.41) is 12.0. The molecule has 42 heavy (non-hydrogen) atoms. The highest BCUT2D eigenvalue weighted by Crippen LogP contribution is 2.33. The number of piperidine rings is 1. The lowest BCUT2D eigenvalue weighted by molar-refractivity contribution is -0.115. The van der Waals surface area contributed by atoms with Gasteiger partial charge in [-0.25, -0.2) is 13.8 Å². The van der Waals surface area contributed by atoms with Crippen LogP contribution in [0.25, 0.3) is 28.0 Å². The number of hydrogen-bond acceptors (Lipinski definition) is 7. The molecule has 8 nitrogen and oxygen atoms in total. The van der Waals surface area contributed by atoms with Crippen LogP contribution in [0, 0.1) is 18.6 Å². The van der Waals surface area contributed by atoms with Crippen LogP contribution in [-0.2, 0) is 11.2 Å². The van der Waals surface area contributed by atoms with Crippen molar-refractivity contribution in [1.82, 2.24) is 19.9 Å². The lowest BCUT2D eigenvalue weighted by Crippen LogP contribution is -2.35. The van der Waals surface area contributed by atoms with Crippen LogP contribution in [0.3, 0.4) is 0 Å². The van der Waals surface area contributed by atoms with Crippen molar-refractivity contribution in [3.63, 3.8) is 0 Å². The average Bonchev–Trinajstić information content (AvgIpc) is 3.48. The van der Waals surface area contributed by atoms with Gasteiger partial charge in [0.25, 0.3) is 5.56 Å². The molecule has 0 unspecified atom stereocenters. The first-order chi connectivity index (χ1) is 20.4. The summed E-state index contributed by atoms with van der Waals surface area (Å²) < 4.78 is 31.0. The fourth-order valence-corrected chi connectivity index (χ4v) is 5.89. The van der Waals surface area contributed by atoms with E-state index in [1.54, 1.807) is 6.07 Å². The molecule has 1 fully saturated rings. The molecule has 0 aliphatic carbocycles. The van der Waals surface area contributed by atoms with E-state index in [4.69, 9.17) is 4.98 Å². The summed E-state index contributed by atoms with van der Waals surface area (Å²) >= 11 is 1.51. The van der Waals surface area contributed by atoms with Crippen molar-refractivity contribution in [2.45, 2.75) is 32.2 Å². The summed E-state index contributed by atoms with van der Waals surface area (Å²) in [4.78, 5) is 36.4. The number of aromatic nitrogens is 3. The number of benzene rings is 2. The third-order valence-electron chi connectivity index (χ3n) is 7.28. The Kier molecular flexibility index (Phi) is 7.77. The Labute approximate surface area is 244 Å². The number of rotatable bonds is 7. The van der Waals surface area contributed by atoms with Gasteiger partial charge in [0.15, 0.2) is 5.65 Å². The zero-order valence-electron chi connectivity index (χ0n) is 22.8. The standard InChI is InChI=1S/C31H28F2N6O2S/c1-18-7-8-20(35-26(40)17-21-4-3-15-42-21)16-23(18)28-22-9-10-27(41)39(29-24(32)5-2-6-25(29)33)30(22)38-31(37-28)36-19-11-13-34-14-12-19/h2-10,15-16,19,34H,11-14,17H2,1H3,(H,35,40)(H,36,37,38). The number of aryl methyl sites for hydroxylation is 1. The Morgan fingerprint density at radius 2 is 1.83 bits per heavy atom. The van der Waals surface area contributed by atoms with Crippen molar-refractivity contribution in [1.29, 1.82) is 0 Å². The Morgan fingerprint density at radius 1 is 1.05 bits per heavy atom. The Hall–Kier alpha value is -4.48. The maximum atomic E-state index is 15.0. The molecule has 2 aromatic carbocycles. The molecule has 0 spiro atoms. The topological polar surface area (TPSA) is 101 Å². The van der Waals surface area contributed by atoms with Crippen molar-refractivity contribution in [3.8, 4) is 16.9 Å². The lowest BCUT2D eigenvalue weighted by atomic mass is 10.0. The van der Waals surface area contributed by atoms with E-state index in [9.17, 15) is 9.59 Å². The van der Waals surface area contributed by atoms with Gasteiger partial charge >= 0.3 is 0 Å². The van der Waals surface area contributed by atoms with Gasteiger partial charge in [-0.2, -0.15) is 4.98 Å². The third kappa shape index (κ3) is 5.65. The van der Waals surface area contributed by atoms with E-state index < -0.39 is 22.9 Å². The minimum Gasteiger partial charge on any atom is -0.351 e. The van der Waals surface area contributed by atoms with Crippen molar-refractivity contribution in [3.05, 3.63) is 98.5 Å². The highest BCUT2D eigenvalue weighted by atomic mass is 32.1. The smallest absolute Gasteiger partial charge is 0.256 e. The van der Waals surface area contributed by atoms with Crippen LogP contribution in [-0.4, -0.2) is 39.6 Å². The molecular formula is C31H28F2N6O2S. The van der Waals surface area contributed by atoms with E-state index in [0.717, 1.165) is 53.1 Å². The van der Waals surface area contributed by atoms with E-state index in [1.807, 2.05) is 42.6 Å². The van der Waals surface area contributed by atoms with Gasteiger partial charge in [0.05, 0.1) is 12.1 Å². The van der Waals surface area contributed by atoms with E-state index >= 15 is 8.78 Å². The number of nitrogens with one attached hydrogen (secondary N) is 3. The van der Waals surface area contributed by atoms with Gasteiger partial charge in [-0.05, 0) is 80.2 Å². The Morgan fingerprint density at radius 3 is 2.57 bits per heavy atom. The first kappa shape index (κ1) is 27.7. The third-order valence-corrected chi connectivity index (χ3v) is 8.15. The van der Waals surface area contributed by atoms with Crippen LogP contribution in [0.2, 0.25) is 0 Å². The second kappa shape index (κ2) is 11.8. The molecule has 1 aliphatic heterocycles. The SMILES string of the molecule is Cc1ccc(NC(=O)Cc2cccs2)cc1-c1nc(NC2CCNCC2)nc2c1ccc(=O)n2-c1c(F)cccc1F. The highest BCUT2D eigenvalue weighted by molar-refractivity contribution is 7.10. The number of anilines is 2. The van der Waals surface area contributed by atoms with Gasteiger partial charge in [0.2, 0.25) is 11.9 Å². The number of halogens is 2. The number of para-hydroxylation sites is 1. The molecule has 1 aliphatic rings. The quantitative estimate of drug-likeness (QED) is 0.235. The number of pyridine rings is 1. The normalized spacial score (nSPS) is 13.8. The van der Waals surface area contributed by atoms with E-state index in [-0.39, 0.29) is 30.0 Å². The van der Waals surface area contributed by atoms with Crippen molar-refractivity contribution in [2.24, 2.45) is 0 Å². The van der Waals surface area contributed by atoms with Crippen LogP contribution in [0.4, 0.5) is 20.4 Å². The van der Waals surface area contributed by atoms with E-state index in [2.05, 4.69) is 20.9 Å². The molecule has 3 aromatic heterocycles. The van der Waals surface area contributed by atoms with Gasteiger partial charge in [0, 0.05) is 33.6 Å². The van der Waals surface area contributed by atoms with Gasteiger partial charge in [-0.3, -0.25) is 14.2 Å². The van der Waals surface area contributed by atoms with Gasteiger partial charge < -0.3 is 16.0 Å². The number of amides is 1. The summed E-state index contributed by atoms with van der Waals surface area (Å²) in [7, 11) is 0. The average molecular weight is 587 g/mol. The second-order valence-electron chi connectivity index (χ2n) is 10.2. The first-order valence-electron chi connectivity index (χ1n) is 13.7. The van der Waals surface area contributed by atoms with E-state index in [0.29, 0.717) is 22.3 Å². The molecule has 0 bridgehead atoms. The largest absolute Gasteiger partial charge is 0.351 e. The number of fused-ring (bicyclic) bond motifs is 1. The molecule has 3 N–H and O–H groups in total. The van der Waals surface area contributed by atoms with Crippen LogP contribution in [0.5, 0.6) is 0 Å². The molecule has 0 atom stereocenters. The molecule has 0 radical (unpaired) electrons. The summed E-state index contributed by atoms with van der Waals surface area (Å²) in [5.41, 5.74) is 1.52. The predicted octanol–water partition coefficient (Wildman–Crippen LogP) is 5.44. The molecule has 11 heteroatoms. The molecule has 214 valence electrons. The minimum absolute atomic E-state index is 0.0690. The maximum Gasteiger partial charge on any atom is 0.256 e. The fraction of sp³-hybridized carbons (Fsp3) is 0.226. The number of hydrogen-bond donors (Lipinski definition) is 3. The molecule has 4 heterocycles. The second-order valence-corrected chi connectivity index (χ2v) is 11.2. The summed E-state index contributed by atoms with van der Waals surface area (Å²) in [6.07, 6.45) is 1.93. The zero-order valence-corrected chi connectivity index (χ0v) is 23.6. The summed E-state index contributed by atoms with van der Waals surface area (Å²) in [6, 6.07) is 15.7. The highest BCUT2D eigenvalue weighted by Gasteiger charge is 2.22. The number of nitrogens with zero attached hydrogens (tertiary/aromatic N) is 3. The number of carbonyl (C=O) groups is 1. The van der Waals surface area contributed by atoms with Crippen molar-refractivity contribution < 1.29 is 13.6 Å². The zero-order chi connectivity index (χ0) is 29.2. The minimum atomic E-state index is -0.885. The van der Waals surface area contributed by atoms with Crippen LogP contribution < -0.4 is 21.5 Å². The summed E-state index contributed by atoms with van der Waals surface area (Å²) in [6.45, 7) is 3.57. The number of carbonyl (C=O) groups excluding carboxylic acids is 1. The molecule has 1 saturated heterocycles. The molecule has 0 saturated carbocycles. The van der Waals surface area contributed by atoms with Crippen molar-refractivity contribution >= 4 is 39.9 Å². The Bertz CT molecular complexity index is 1810. The first-order valence-corrected chi connectivity index (χ1v) is 14.5.